The Bertz CT molecular complexity index is 1400. The summed E-state index contributed by atoms with van der Waals surface area (Å²) in [7, 11) is 0. The second-order valence-electron chi connectivity index (χ2n) is 9.85. The van der Waals surface area contributed by atoms with E-state index in [9.17, 15) is 4.79 Å². The fourth-order valence-electron chi connectivity index (χ4n) is 5.21. The number of anilines is 1. The molecule has 2 aromatic carbocycles. The summed E-state index contributed by atoms with van der Waals surface area (Å²) in [5.74, 6) is 0.896. The number of hydrogen-bond acceptors (Lipinski definition) is 4. The molecule has 0 bridgehead atoms. The summed E-state index contributed by atoms with van der Waals surface area (Å²) in [6.07, 6.45) is 6.93. The van der Waals surface area contributed by atoms with E-state index in [0.717, 1.165) is 40.5 Å². The van der Waals surface area contributed by atoms with Crippen LogP contribution in [0.5, 0.6) is 5.75 Å². The third-order valence-corrected chi connectivity index (χ3v) is 8.23. The number of nitrogens with zero attached hydrogens (tertiary/aromatic N) is 2. The van der Waals surface area contributed by atoms with Crippen molar-refractivity contribution in [3.63, 3.8) is 0 Å². The number of nitrogens with one attached hydrogen (secondary N) is 2. The highest BCUT2D eigenvalue weighted by Crippen LogP contribution is 2.47. The van der Waals surface area contributed by atoms with Crippen molar-refractivity contribution in [2.75, 3.05) is 11.9 Å². The summed E-state index contributed by atoms with van der Waals surface area (Å²) >= 11 is 1.68. The SMILES string of the molecule is CCOc1ccc2c(-c3csc(C)n3)c(-c3ccc(NC(=O)NC4CCC4)cc3)n(C3CCC3)c2c1. The third kappa shape index (κ3) is 4.26. The first kappa shape index (κ1) is 23.1. The summed E-state index contributed by atoms with van der Waals surface area (Å²) in [5.41, 5.74) is 6.50. The number of amides is 2. The third-order valence-electron chi connectivity index (χ3n) is 7.46. The number of ether oxygens (including phenoxy) is 1. The van der Waals surface area contributed by atoms with E-state index >= 15 is 0 Å². The van der Waals surface area contributed by atoms with Crippen molar-refractivity contribution in [1.29, 1.82) is 0 Å². The molecule has 36 heavy (non-hydrogen) atoms. The highest BCUT2D eigenvalue weighted by molar-refractivity contribution is 7.09. The average molecular weight is 501 g/mol. The smallest absolute Gasteiger partial charge is 0.319 e. The molecule has 2 amide bonds. The van der Waals surface area contributed by atoms with Crippen LogP contribution >= 0.6 is 11.3 Å². The molecule has 186 valence electrons. The predicted molar refractivity (Wildman–Crippen MR) is 147 cm³/mol. The number of urea groups is 1. The lowest BCUT2D eigenvalue weighted by atomic mass is 9.92. The van der Waals surface area contributed by atoms with Gasteiger partial charge in [-0.15, -0.1) is 11.3 Å². The van der Waals surface area contributed by atoms with E-state index in [0.29, 0.717) is 18.7 Å². The Labute approximate surface area is 215 Å². The van der Waals surface area contributed by atoms with Crippen molar-refractivity contribution < 1.29 is 9.53 Å². The van der Waals surface area contributed by atoms with Gasteiger partial charge in [0.1, 0.15) is 5.75 Å². The molecule has 0 atom stereocenters. The van der Waals surface area contributed by atoms with Crippen molar-refractivity contribution >= 4 is 34.0 Å². The van der Waals surface area contributed by atoms with Gasteiger partial charge in [-0.25, -0.2) is 9.78 Å². The zero-order valence-electron chi connectivity index (χ0n) is 20.8. The van der Waals surface area contributed by atoms with Crippen molar-refractivity contribution in [1.82, 2.24) is 14.9 Å². The molecule has 0 aliphatic heterocycles. The molecule has 6 rings (SSSR count). The monoisotopic (exact) mass is 500 g/mol. The van der Waals surface area contributed by atoms with E-state index in [1.54, 1.807) is 11.3 Å². The molecule has 0 radical (unpaired) electrons. The van der Waals surface area contributed by atoms with Crippen LogP contribution in [0, 0.1) is 6.92 Å². The average Bonchev–Trinajstić information content (AvgIpc) is 3.37. The van der Waals surface area contributed by atoms with E-state index in [1.165, 1.54) is 47.8 Å². The van der Waals surface area contributed by atoms with Crippen molar-refractivity contribution in [3.8, 4) is 28.3 Å². The van der Waals surface area contributed by atoms with Crippen LogP contribution in [0.15, 0.2) is 47.8 Å². The number of benzene rings is 2. The number of rotatable bonds is 7. The van der Waals surface area contributed by atoms with Gasteiger partial charge in [0.2, 0.25) is 0 Å². The molecular formula is C29H32N4O2S. The number of thiazole rings is 1. The first-order valence-corrected chi connectivity index (χ1v) is 13.9. The lowest BCUT2D eigenvalue weighted by Gasteiger charge is -2.30. The van der Waals surface area contributed by atoms with Crippen LogP contribution in [-0.2, 0) is 0 Å². The number of hydrogen-bond donors (Lipinski definition) is 2. The fraction of sp³-hybridized carbons (Fsp3) is 0.379. The van der Waals surface area contributed by atoms with Gasteiger partial charge in [0.05, 0.1) is 28.5 Å². The van der Waals surface area contributed by atoms with Gasteiger partial charge < -0.3 is 19.9 Å². The van der Waals surface area contributed by atoms with Gasteiger partial charge in [-0.1, -0.05) is 12.1 Å². The van der Waals surface area contributed by atoms with Crippen LogP contribution in [-0.4, -0.2) is 28.2 Å². The molecule has 2 N–H and O–H groups in total. The molecule has 2 aliphatic rings. The Hall–Kier alpha value is -3.32. The summed E-state index contributed by atoms with van der Waals surface area (Å²) < 4.78 is 8.40. The van der Waals surface area contributed by atoms with Crippen LogP contribution in [0.25, 0.3) is 33.4 Å². The van der Waals surface area contributed by atoms with Crippen LogP contribution < -0.4 is 15.4 Å². The standard InChI is InChI=1S/C29H32N4O2S/c1-3-35-23-14-15-24-26(16-23)33(22-8-5-9-22)28(27(24)25-17-36-18(2)30-25)19-10-12-21(13-11-19)32-29(34)31-20-6-4-7-20/h10-17,20,22H,3-9H2,1-2H3,(H2,31,32,34). The highest BCUT2D eigenvalue weighted by Gasteiger charge is 2.29. The lowest BCUT2D eigenvalue weighted by Crippen LogP contribution is -2.41. The molecule has 0 saturated heterocycles. The maximum absolute atomic E-state index is 12.4. The summed E-state index contributed by atoms with van der Waals surface area (Å²) in [5, 5.41) is 10.5. The molecule has 4 aromatic rings. The Balaban J connectivity index is 1.45. The summed E-state index contributed by atoms with van der Waals surface area (Å²) in [6, 6.07) is 15.3. The van der Waals surface area contributed by atoms with Crippen LogP contribution in [0.4, 0.5) is 10.5 Å². The quantitative estimate of drug-likeness (QED) is 0.275. The molecule has 2 aliphatic carbocycles. The summed E-state index contributed by atoms with van der Waals surface area (Å²) in [4.78, 5) is 17.3. The maximum Gasteiger partial charge on any atom is 0.319 e. The number of carbonyl (C=O) groups is 1. The molecule has 0 unspecified atom stereocenters. The van der Waals surface area contributed by atoms with Crippen LogP contribution in [0.3, 0.4) is 0 Å². The van der Waals surface area contributed by atoms with Crippen molar-refractivity contribution in [3.05, 3.63) is 52.9 Å². The Kier molecular flexibility index (Phi) is 6.17. The molecule has 2 fully saturated rings. The van der Waals surface area contributed by atoms with Crippen molar-refractivity contribution in [2.45, 2.75) is 64.5 Å². The zero-order chi connectivity index (χ0) is 24.6. The highest BCUT2D eigenvalue weighted by atomic mass is 32.1. The molecule has 7 heteroatoms. The molecule has 2 heterocycles. The molecule has 2 aromatic heterocycles. The van der Waals surface area contributed by atoms with Gasteiger partial charge >= 0.3 is 6.03 Å². The van der Waals surface area contributed by atoms with E-state index in [1.807, 2.05) is 19.1 Å². The van der Waals surface area contributed by atoms with Crippen LogP contribution in [0.2, 0.25) is 0 Å². The summed E-state index contributed by atoms with van der Waals surface area (Å²) in [6.45, 7) is 4.72. The normalized spacial score (nSPS) is 15.9. The predicted octanol–water partition coefficient (Wildman–Crippen LogP) is 7.54. The number of aryl methyl sites for hydroxylation is 1. The van der Waals surface area contributed by atoms with Crippen molar-refractivity contribution in [2.24, 2.45) is 0 Å². The second-order valence-corrected chi connectivity index (χ2v) is 10.9. The Morgan fingerprint density at radius 3 is 2.50 bits per heavy atom. The molecular weight excluding hydrogens is 468 g/mol. The minimum atomic E-state index is -0.127. The number of aromatic nitrogens is 2. The molecule has 2 saturated carbocycles. The Morgan fingerprint density at radius 1 is 1.11 bits per heavy atom. The first-order chi connectivity index (χ1) is 17.6. The topological polar surface area (TPSA) is 68.2 Å². The molecule has 6 nitrogen and oxygen atoms in total. The fourth-order valence-corrected chi connectivity index (χ4v) is 5.81. The number of fused-ring (bicyclic) bond motifs is 1. The zero-order valence-corrected chi connectivity index (χ0v) is 21.7. The minimum Gasteiger partial charge on any atom is -0.494 e. The minimum absolute atomic E-state index is 0.127. The van der Waals surface area contributed by atoms with Gasteiger partial charge in [0.25, 0.3) is 0 Å². The lowest BCUT2D eigenvalue weighted by molar-refractivity contribution is 0.240. The van der Waals surface area contributed by atoms with E-state index in [4.69, 9.17) is 9.72 Å². The van der Waals surface area contributed by atoms with E-state index in [2.05, 4.69) is 57.8 Å². The van der Waals surface area contributed by atoms with Gasteiger partial charge in [-0.3, -0.25) is 0 Å². The van der Waals surface area contributed by atoms with Gasteiger partial charge in [-0.05, 0) is 82.2 Å². The maximum atomic E-state index is 12.4. The first-order valence-electron chi connectivity index (χ1n) is 13.0. The van der Waals surface area contributed by atoms with E-state index < -0.39 is 0 Å². The van der Waals surface area contributed by atoms with Gasteiger partial charge in [-0.2, -0.15) is 0 Å². The van der Waals surface area contributed by atoms with Gasteiger partial charge in [0.15, 0.2) is 0 Å². The molecule has 0 spiro atoms. The second kappa shape index (κ2) is 9.62. The van der Waals surface area contributed by atoms with Gasteiger partial charge in [0, 0.05) is 40.2 Å². The van der Waals surface area contributed by atoms with Crippen LogP contribution in [0.1, 0.15) is 56.5 Å². The van der Waals surface area contributed by atoms with E-state index in [-0.39, 0.29) is 6.03 Å². The Morgan fingerprint density at radius 2 is 1.89 bits per heavy atom. The number of carbonyl (C=O) groups excluding carboxylic acids is 1. The largest absolute Gasteiger partial charge is 0.494 e.